The number of nitrogens with zero attached hydrogens (tertiary/aromatic N) is 3. The van der Waals surface area contributed by atoms with Crippen LogP contribution in [0.5, 0.6) is 0 Å². The number of likely N-dealkylation sites (tertiary alicyclic amines) is 1. The van der Waals surface area contributed by atoms with Gasteiger partial charge in [0.1, 0.15) is 0 Å². The van der Waals surface area contributed by atoms with Gasteiger partial charge in [-0.3, -0.25) is 9.89 Å². The fourth-order valence-corrected chi connectivity index (χ4v) is 3.65. The summed E-state index contributed by atoms with van der Waals surface area (Å²) >= 11 is 6.12. The third kappa shape index (κ3) is 6.27. The molecule has 0 amide bonds. The number of aliphatic imine (C=N–C) groups is 1. The van der Waals surface area contributed by atoms with E-state index < -0.39 is 0 Å². The van der Waals surface area contributed by atoms with Crippen LogP contribution >= 0.6 is 35.6 Å². The monoisotopic (exact) mass is 478 g/mol. The third-order valence-electron chi connectivity index (χ3n) is 4.82. The Hall–Kier alpha value is -0.570. The van der Waals surface area contributed by atoms with Crippen LogP contribution in [0, 0.1) is 0 Å². The quantitative estimate of drug-likeness (QED) is 0.411. The van der Waals surface area contributed by atoms with Crippen molar-refractivity contribution in [2.45, 2.75) is 31.8 Å². The lowest BCUT2D eigenvalue weighted by Gasteiger charge is -2.35. The standard InChI is InChI=1S/C18H27ClN4O.HI/c19-16-5-3-4-15(12-16)14-23-7-2-1-6-17(23)13-21-18(20)22-8-10-24-11-9-22;/h3-5,12,17H,1-2,6-11,13-14H2,(H2,20,21);1H. The summed E-state index contributed by atoms with van der Waals surface area (Å²) in [6.45, 7) is 5.96. The van der Waals surface area contributed by atoms with Gasteiger partial charge < -0.3 is 15.4 Å². The Labute approximate surface area is 172 Å². The highest BCUT2D eigenvalue weighted by atomic mass is 127. The largest absolute Gasteiger partial charge is 0.378 e. The number of guanidine groups is 1. The van der Waals surface area contributed by atoms with Gasteiger partial charge >= 0.3 is 0 Å². The Bertz CT molecular complexity index is 566. The molecule has 140 valence electrons. The summed E-state index contributed by atoms with van der Waals surface area (Å²) in [7, 11) is 0. The van der Waals surface area contributed by atoms with Crippen LogP contribution in [-0.4, -0.2) is 61.2 Å². The number of benzene rings is 1. The van der Waals surface area contributed by atoms with Crippen LogP contribution < -0.4 is 5.73 Å². The molecule has 0 saturated carbocycles. The molecule has 1 aromatic carbocycles. The van der Waals surface area contributed by atoms with Gasteiger partial charge in [-0.05, 0) is 37.1 Å². The van der Waals surface area contributed by atoms with Gasteiger partial charge in [-0.2, -0.15) is 0 Å². The van der Waals surface area contributed by atoms with Crippen molar-refractivity contribution in [3.63, 3.8) is 0 Å². The first-order chi connectivity index (χ1) is 11.7. The van der Waals surface area contributed by atoms with Crippen molar-refractivity contribution in [2.24, 2.45) is 10.7 Å². The van der Waals surface area contributed by atoms with Crippen molar-refractivity contribution in [3.8, 4) is 0 Å². The molecule has 25 heavy (non-hydrogen) atoms. The van der Waals surface area contributed by atoms with Gasteiger partial charge in [0.15, 0.2) is 5.96 Å². The van der Waals surface area contributed by atoms with Crippen LogP contribution in [0.3, 0.4) is 0 Å². The van der Waals surface area contributed by atoms with E-state index in [0.717, 1.165) is 51.0 Å². The van der Waals surface area contributed by atoms with E-state index in [4.69, 9.17) is 22.1 Å². The molecule has 0 radical (unpaired) electrons. The molecule has 7 heteroatoms. The zero-order chi connectivity index (χ0) is 16.8. The molecule has 1 atom stereocenters. The van der Waals surface area contributed by atoms with Gasteiger partial charge in [0, 0.05) is 30.7 Å². The molecule has 0 spiro atoms. The number of morpholine rings is 1. The van der Waals surface area contributed by atoms with E-state index in [1.54, 1.807) is 0 Å². The molecule has 2 heterocycles. The summed E-state index contributed by atoms with van der Waals surface area (Å²) in [5.41, 5.74) is 7.43. The Morgan fingerprint density at radius 3 is 2.80 bits per heavy atom. The Balaban J connectivity index is 0.00000225. The summed E-state index contributed by atoms with van der Waals surface area (Å²) in [5, 5.41) is 0.802. The number of halogens is 2. The fourth-order valence-electron chi connectivity index (χ4n) is 3.44. The van der Waals surface area contributed by atoms with Crippen LogP contribution in [-0.2, 0) is 11.3 Å². The Morgan fingerprint density at radius 2 is 2.04 bits per heavy atom. The summed E-state index contributed by atoms with van der Waals surface area (Å²) in [5.74, 6) is 0.659. The van der Waals surface area contributed by atoms with Gasteiger partial charge in [-0.15, -0.1) is 24.0 Å². The van der Waals surface area contributed by atoms with Gasteiger partial charge in [-0.1, -0.05) is 30.2 Å². The molecule has 0 bridgehead atoms. The average Bonchev–Trinajstić information content (AvgIpc) is 2.61. The second-order valence-corrected chi connectivity index (χ2v) is 6.98. The molecule has 2 aliphatic heterocycles. The van der Waals surface area contributed by atoms with Crippen LogP contribution in [0.25, 0.3) is 0 Å². The molecule has 0 aliphatic carbocycles. The van der Waals surface area contributed by atoms with E-state index >= 15 is 0 Å². The fraction of sp³-hybridized carbons (Fsp3) is 0.611. The molecular formula is C18H28ClIN4O. The third-order valence-corrected chi connectivity index (χ3v) is 5.06. The second-order valence-electron chi connectivity index (χ2n) is 6.55. The summed E-state index contributed by atoms with van der Waals surface area (Å²) in [4.78, 5) is 9.32. The van der Waals surface area contributed by atoms with E-state index in [2.05, 4.69) is 26.9 Å². The van der Waals surface area contributed by atoms with Crippen LogP contribution in [0.4, 0.5) is 0 Å². The number of nitrogens with two attached hydrogens (primary N) is 1. The highest BCUT2D eigenvalue weighted by molar-refractivity contribution is 14.0. The lowest BCUT2D eigenvalue weighted by molar-refractivity contribution is 0.0672. The molecule has 3 rings (SSSR count). The Kier molecular flexibility index (Phi) is 8.75. The summed E-state index contributed by atoms with van der Waals surface area (Å²) < 4.78 is 5.37. The Morgan fingerprint density at radius 1 is 1.24 bits per heavy atom. The van der Waals surface area contributed by atoms with E-state index in [1.165, 1.54) is 24.8 Å². The van der Waals surface area contributed by atoms with Gasteiger partial charge in [0.25, 0.3) is 0 Å². The van der Waals surface area contributed by atoms with E-state index in [-0.39, 0.29) is 24.0 Å². The predicted octanol–water partition coefficient (Wildman–Crippen LogP) is 2.96. The SMILES string of the molecule is I.NC(=NCC1CCCCN1Cc1cccc(Cl)c1)N1CCOCC1. The first-order valence-corrected chi connectivity index (χ1v) is 9.21. The second kappa shape index (κ2) is 10.5. The minimum Gasteiger partial charge on any atom is -0.378 e. The molecular weight excluding hydrogens is 451 g/mol. The smallest absolute Gasteiger partial charge is 0.191 e. The summed E-state index contributed by atoms with van der Waals surface area (Å²) in [6, 6.07) is 8.59. The maximum Gasteiger partial charge on any atom is 0.191 e. The van der Waals surface area contributed by atoms with Crippen molar-refractivity contribution in [3.05, 3.63) is 34.9 Å². The van der Waals surface area contributed by atoms with Gasteiger partial charge in [-0.25, -0.2) is 0 Å². The van der Waals surface area contributed by atoms with Crippen LogP contribution in [0.15, 0.2) is 29.3 Å². The number of hydrogen-bond donors (Lipinski definition) is 1. The van der Waals surface area contributed by atoms with E-state index in [9.17, 15) is 0 Å². The van der Waals surface area contributed by atoms with Crippen molar-refractivity contribution in [1.82, 2.24) is 9.80 Å². The average molecular weight is 479 g/mol. The zero-order valence-corrected chi connectivity index (χ0v) is 17.7. The lowest BCUT2D eigenvalue weighted by atomic mass is 10.0. The number of ether oxygens (including phenoxy) is 1. The van der Waals surface area contributed by atoms with Crippen molar-refractivity contribution in [1.29, 1.82) is 0 Å². The molecule has 2 fully saturated rings. The maximum absolute atomic E-state index is 6.17. The topological polar surface area (TPSA) is 54.1 Å². The molecule has 5 nitrogen and oxygen atoms in total. The van der Waals surface area contributed by atoms with Crippen molar-refractivity contribution in [2.75, 3.05) is 39.4 Å². The van der Waals surface area contributed by atoms with E-state index in [0.29, 0.717) is 12.0 Å². The highest BCUT2D eigenvalue weighted by Gasteiger charge is 2.23. The molecule has 2 aliphatic rings. The zero-order valence-electron chi connectivity index (χ0n) is 14.6. The molecule has 0 aromatic heterocycles. The summed E-state index contributed by atoms with van der Waals surface area (Å²) in [6.07, 6.45) is 3.70. The minimum absolute atomic E-state index is 0. The first kappa shape index (κ1) is 20.7. The van der Waals surface area contributed by atoms with Crippen molar-refractivity contribution >= 4 is 41.5 Å². The number of hydrogen-bond acceptors (Lipinski definition) is 3. The van der Waals surface area contributed by atoms with Gasteiger partial charge in [0.2, 0.25) is 0 Å². The van der Waals surface area contributed by atoms with Gasteiger partial charge in [0.05, 0.1) is 19.8 Å². The maximum atomic E-state index is 6.17. The normalized spacial score (nSPS) is 22.5. The molecule has 2 saturated heterocycles. The van der Waals surface area contributed by atoms with Crippen LogP contribution in [0.2, 0.25) is 5.02 Å². The highest BCUT2D eigenvalue weighted by Crippen LogP contribution is 2.21. The molecule has 2 N–H and O–H groups in total. The number of rotatable bonds is 4. The lowest BCUT2D eigenvalue weighted by Crippen LogP contribution is -2.46. The predicted molar refractivity (Wildman–Crippen MR) is 114 cm³/mol. The van der Waals surface area contributed by atoms with E-state index in [1.807, 2.05) is 12.1 Å². The number of piperidine rings is 1. The van der Waals surface area contributed by atoms with Crippen molar-refractivity contribution < 1.29 is 4.74 Å². The molecule has 1 unspecified atom stereocenters. The minimum atomic E-state index is 0. The molecule has 1 aromatic rings. The van der Waals surface area contributed by atoms with Crippen LogP contribution in [0.1, 0.15) is 24.8 Å². The first-order valence-electron chi connectivity index (χ1n) is 8.83.